The van der Waals surface area contributed by atoms with E-state index in [0.717, 1.165) is 40.9 Å². The van der Waals surface area contributed by atoms with Crippen LogP contribution in [0.4, 0.5) is 5.13 Å². The van der Waals surface area contributed by atoms with E-state index in [1.807, 2.05) is 72.2 Å². The van der Waals surface area contributed by atoms with Gasteiger partial charge >= 0.3 is 0 Å². The van der Waals surface area contributed by atoms with Crippen molar-refractivity contribution in [1.29, 1.82) is 0 Å². The van der Waals surface area contributed by atoms with Gasteiger partial charge in [0.25, 0.3) is 0 Å². The molecule has 0 bridgehead atoms. The van der Waals surface area contributed by atoms with Gasteiger partial charge in [0, 0.05) is 47.4 Å². The number of anilines is 1. The number of para-hydroxylation sites is 1. The van der Waals surface area contributed by atoms with Crippen molar-refractivity contribution in [2.24, 2.45) is 0 Å². The summed E-state index contributed by atoms with van der Waals surface area (Å²) in [6, 6.07) is 26.4. The maximum atomic E-state index is 12.8. The predicted octanol–water partition coefficient (Wildman–Crippen LogP) is 6.10. The van der Waals surface area contributed by atoms with Gasteiger partial charge in [-0.2, -0.15) is 9.40 Å². The van der Waals surface area contributed by atoms with Crippen molar-refractivity contribution in [3.63, 3.8) is 0 Å². The summed E-state index contributed by atoms with van der Waals surface area (Å²) >= 11 is 1.31. The highest BCUT2D eigenvalue weighted by molar-refractivity contribution is 7.89. The minimum absolute atomic E-state index is 0.280. The van der Waals surface area contributed by atoms with E-state index in [4.69, 9.17) is 5.10 Å². The monoisotopic (exact) mass is 581 g/mol. The van der Waals surface area contributed by atoms with Crippen LogP contribution in [-0.4, -0.2) is 46.5 Å². The highest BCUT2D eigenvalue weighted by Crippen LogP contribution is 2.28. The second kappa shape index (κ2) is 11.6. The van der Waals surface area contributed by atoms with Crippen LogP contribution in [0, 0.1) is 0 Å². The van der Waals surface area contributed by atoms with Crippen LogP contribution in [0.3, 0.4) is 0 Å². The summed E-state index contributed by atoms with van der Waals surface area (Å²) in [5.74, 6) is -0.315. The van der Waals surface area contributed by atoms with Gasteiger partial charge < -0.3 is 0 Å². The van der Waals surface area contributed by atoms with E-state index in [2.05, 4.69) is 10.3 Å². The van der Waals surface area contributed by atoms with Crippen LogP contribution in [-0.2, 0) is 14.8 Å². The second-order valence-corrected chi connectivity index (χ2v) is 12.4. The summed E-state index contributed by atoms with van der Waals surface area (Å²) in [4.78, 5) is 17.6. The molecule has 3 heterocycles. The molecule has 1 aliphatic rings. The molecule has 1 aliphatic heterocycles. The van der Waals surface area contributed by atoms with Crippen LogP contribution in [0.5, 0.6) is 0 Å². The van der Waals surface area contributed by atoms with Gasteiger partial charge in [-0.25, -0.2) is 18.1 Å². The number of benzene rings is 3. The first-order valence-corrected chi connectivity index (χ1v) is 15.5. The van der Waals surface area contributed by atoms with Gasteiger partial charge in [0.1, 0.15) is 0 Å². The lowest BCUT2D eigenvalue weighted by atomic mass is 10.1. The number of nitrogens with zero attached hydrogens (tertiary/aromatic N) is 4. The van der Waals surface area contributed by atoms with Gasteiger partial charge in [-0.3, -0.25) is 10.1 Å². The molecule has 41 heavy (non-hydrogen) atoms. The van der Waals surface area contributed by atoms with Crippen LogP contribution >= 0.6 is 11.3 Å². The maximum absolute atomic E-state index is 12.8. The Morgan fingerprint density at radius 1 is 0.878 bits per heavy atom. The first-order valence-electron chi connectivity index (χ1n) is 13.2. The highest BCUT2D eigenvalue weighted by Gasteiger charge is 2.27. The Bertz CT molecular complexity index is 1790. The summed E-state index contributed by atoms with van der Waals surface area (Å²) < 4.78 is 28.9. The Morgan fingerprint density at radius 3 is 2.27 bits per heavy atom. The fourth-order valence-electron chi connectivity index (χ4n) is 4.69. The average Bonchev–Trinajstić information content (AvgIpc) is 3.79. The number of carbonyl (C=O) groups excluding carboxylic acids is 1. The lowest BCUT2D eigenvalue weighted by molar-refractivity contribution is -0.111. The Balaban J connectivity index is 1.17. The van der Waals surface area contributed by atoms with Crippen LogP contribution in [0.15, 0.2) is 107 Å². The number of carbonyl (C=O) groups is 1. The van der Waals surface area contributed by atoms with Crippen molar-refractivity contribution in [3.05, 3.63) is 108 Å². The lowest BCUT2D eigenvalue weighted by Crippen LogP contribution is -2.27. The summed E-state index contributed by atoms with van der Waals surface area (Å²) in [6.07, 6.45) is 6.91. The number of thiazole rings is 1. The van der Waals surface area contributed by atoms with E-state index in [9.17, 15) is 13.2 Å². The zero-order valence-corrected chi connectivity index (χ0v) is 23.7. The number of hydrogen-bond donors (Lipinski definition) is 1. The van der Waals surface area contributed by atoms with E-state index in [1.165, 1.54) is 21.7 Å². The summed E-state index contributed by atoms with van der Waals surface area (Å²) in [7, 11) is -3.47. The van der Waals surface area contributed by atoms with Crippen molar-refractivity contribution < 1.29 is 13.2 Å². The molecule has 2 aromatic heterocycles. The molecule has 206 valence electrons. The molecule has 0 atom stereocenters. The van der Waals surface area contributed by atoms with Gasteiger partial charge in [-0.1, -0.05) is 60.7 Å². The first kappa shape index (κ1) is 26.8. The molecule has 1 saturated heterocycles. The summed E-state index contributed by atoms with van der Waals surface area (Å²) in [5.41, 5.74) is 4.88. The summed E-state index contributed by atoms with van der Waals surface area (Å²) in [5, 5.41) is 9.89. The topological polar surface area (TPSA) is 97.2 Å². The van der Waals surface area contributed by atoms with Gasteiger partial charge in [0.05, 0.1) is 22.0 Å². The summed E-state index contributed by atoms with van der Waals surface area (Å²) in [6.45, 7) is 1.13. The third-order valence-corrected chi connectivity index (χ3v) is 9.48. The smallest absolute Gasteiger partial charge is 0.250 e. The number of hydrogen-bond acceptors (Lipinski definition) is 6. The normalized spacial score (nSPS) is 14.0. The van der Waals surface area contributed by atoms with Crippen LogP contribution in [0.1, 0.15) is 18.4 Å². The largest absolute Gasteiger partial charge is 0.298 e. The minimum Gasteiger partial charge on any atom is -0.298 e. The molecule has 0 aliphatic carbocycles. The molecule has 8 nitrogen and oxygen atoms in total. The molecule has 0 unspecified atom stereocenters. The Labute approximate surface area is 242 Å². The number of sulfonamides is 1. The molecule has 1 fully saturated rings. The molecule has 10 heteroatoms. The molecule has 0 spiro atoms. The van der Waals surface area contributed by atoms with Crippen LogP contribution in [0.25, 0.3) is 34.3 Å². The van der Waals surface area contributed by atoms with E-state index < -0.39 is 10.0 Å². The van der Waals surface area contributed by atoms with Crippen molar-refractivity contribution in [2.45, 2.75) is 17.7 Å². The molecule has 1 N–H and O–H groups in total. The standard InChI is InChI=1S/C31H27N5O3S2/c37-29(18-15-25-21-36(26-11-5-2-6-12-26)34-30(25)24-9-3-1-4-10-24)33-31-32-28(22-40-31)23-13-16-27(17-14-23)41(38,39)35-19-7-8-20-35/h1-6,9-18,21-22H,7-8,19-20H2,(H,32,33,37). The number of amides is 1. The molecule has 1 amide bonds. The molecule has 5 aromatic rings. The zero-order chi connectivity index (χ0) is 28.2. The lowest BCUT2D eigenvalue weighted by Gasteiger charge is -2.15. The van der Waals surface area contributed by atoms with E-state index in [0.29, 0.717) is 23.9 Å². The highest BCUT2D eigenvalue weighted by atomic mass is 32.2. The maximum Gasteiger partial charge on any atom is 0.250 e. The number of nitrogens with one attached hydrogen (secondary N) is 1. The molecule has 0 saturated carbocycles. The molecule has 3 aromatic carbocycles. The van der Waals surface area contributed by atoms with Gasteiger partial charge in [0.15, 0.2) is 5.13 Å². The zero-order valence-electron chi connectivity index (χ0n) is 22.1. The van der Waals surface area contributed by atoms with Crippen molar-refractivity contribution in [3.8, 4) is 28.2 Å². The molecular weight excluding hydrogens is 555 g/mol. The second-order valence-electron chi connectivity index (χ2n) is 9.58. The van der Waals surface area contributed by atoms with E-state index in [-0.39, 0.29) is 10.8 Å². The third kappa shape index (κ3) is 5.90. The van der Waals surface area contributed by atoms with Crippen molar-refractivity contribution in [2.75, 3.05) is 18.4 Å². The Morgan fingerprint density at radius 2 is 1.56 bits per heavy atom. The first-order chi connectivity index (χ1) is 20.0. The van der Waals surface area contributed by atoms with Gasteiger partial charge in [-0.05, 0) is 43.2 Å². The SMILES string of the molecule is O=C(C=Cc1cn(-c2ccccc2)nc1-c1ccccc1)Nc1nc(-c2ccc(S(=O)(=O)N3CCCC3)cc2)cs1. The Hall–Kier alpha value is -4.38. The van der Waals surface area contributed by atoms with E-state index >= 15 is 0 Å². The van der Waals surface area contributed by atoms with Crippen LogP contribution < -0.4 is 5.32 Å². The molecule has 0 radical (unpaired) electrons. The third-order valence-electron chi connectivity index (χ3n) is 6.81. The van der Waals surface area contributed by atoms with Crippen molar-refractivity contribution in [1.82, 2.24) is 19.1 Å². The number of rotatable bonds is 8. The average molecular weight is 582 g/mol. The quantitative estimate of drug-likeness (QED) is 0.223. The fourth-order valence-corrected chi connectivity index (χ4v) is 6.93. The molecule has 6 rings (SSSR count). The minimum atomic E-state index is -3.47. The fraction of sp³-hybridized carbons (Fsp3) is 0.129. The van der Waals surface area contributed by atoms with Gasteiger partial charge in [-0.15, -0.1) is 11.3 Å². The van der Waals surface area contributed by atoms with Gasteiger partial charge in [0.2, 0.25) is 15.9 Å². The molecular formula is C31H27N5O3S2. The van der Waals surface area contributed by atoms with Crippen LogP contribution in [0.2, 0.25) is 0 Å². The number of aromatic nitrogens is 3. The predicted molar refractivity (Wildman–Crippen MR) is 162 cm³/mol. The Kier molecular flexibility index (Phi) is 7.60. The van der Waals surface area contributed by atoms with E-state index in [1.54, 1.807) is 35.0 Å². The van der Waals surface area contributed by atoms with Crippen molar-refractivity contribution >= 4 is 38.5 Å².